The summed E-state index contributed by atoms with van der Waals surface area (Å²) in [7, 11) is 0. The van der Waals surface area contributed by atoms with Gasteiger partial charge in [0.15, 0.2) is 0 Å². The number of hydrogen-bond donors (Lipinski definition) is 1. The number of piperidine rings is 1. The molecule has 0 radical (unpaired) electrons. The van der Waals surface area contributed by atoms with E-state index in [0.29, 0.717) is 0 Å². The Bertz CT molecular complexity index is 229. The summed E-state index contributed by atoms with van der Waals surface area (Å²) in [6.07, 6.45) is 8.53. The zero-order chi connectivity index (χ0) is 12.3. The average Bonchev–Trinajstić information content (AvgIpc) is 2.39. The van der Waals surface area contributed by atoms with E-state index in [1.807, 2.05) is 0 Å². The molecule has 2 fully saturated rings. The van der Waals surface area contributed by atoms with Gasteiger partial charge in [-0.3, -0.25) is 0 Å². The topological polar surface area (TPSA) is 29.3 Å². The van der Waals surface area contributed by atoms with Crippen molar-refractivity contribution < 1.29 is 0 Å². The first-order valence-electron chi connectivity index (χ1n) is 7.68. The first-order valence-corrected chi connectivity index (χ1v) is 7.68. The van der Waals surface area contributed by atoms with E-state index in [0.717, 1.165) is 30.3 Å². The summed E-state index contributed by atoms with van der Waals surface area (Å²) in [6.45, 7) is 8.19. The van der Waals surface area contributed by atoms with E-state index in [2.05, 4.69) is 18.7 Å². The van der Waals surface area contributed by atoms with Crippen molar-refractivity contribution in [2.24, 2.45) is 23.5 Å². The smallest absolute Gasteiger partial charge is 0.00980 e. The van der Waals surface area contributed by atoms with Crippen LogP contribution in [0.25, 0.3) is 0 Å². The van der Waals surface area contributed by atoms with Crippen molar-refractivity contribution in [2.75, 3.05) is 19.6 Å². The largest absolute Gasteiger partial charge is 0.330 e. The third kappa shape index (κ3) is 3.23. The molecule has 2 N–H and O–H groups in total. The first-order chi connectivity index (χ1) is 8.24. The van der Waals surface area contributed by atoms with Gasteiger partial charge in [0.2, 0.25) is 0 Å². The minimum absolute atomic E-state index is 0.741. The van der Waals surface area contributed by atoms with Crippen molar-refractivity contribution in [1.82, 2.24) is 4.90 Å². The summed E-state index contributed by atoms with van der Waals surface area (Å²) in [6, 6.07) is 0.871. The van der Waals surface area contributed by atoms with Gasteiger partial charge in [0.25, 0.3) is 0 Å². The fourth-order valence-electron chi connectivity index (χ4n) is 3.78. The van der Waals surface area contributed by atoms with Gasteiger partial charge in [-0.2, -0.15) is 0 Å². The summed E-state index contributed by atoms with van der Waals surface area (Å²) >= 11 is 0. The first kappa shape index (κ1) is 13.4. The molecule has 0 bridgehead atoms. The Labute approximate surface area is 107 Å². The van der Waals surface area contributed by atoms with Crippen LogP contribution in [0.5, 0.6) is 0 Å². The fraction of sp³-hybridized carbons (Fsp3) is 1.00. The molecule has 17 heavy (non-hydrogen) atoms. The molecular weight excluding hydrogens is 208 g/mol. The number of rotatable bonds is 3. The van der Waals surface area contributed by atoms with Gasteiger partial charge in [0, 0.05) is 12.6 Å². The van der Waals surface area contributed by atoms with Crippen LogP contribution < -0.4 is 5.73 Å². The lowest BCUT2D eigenvalue weighted by molar-refractivity contribution is 0.0599. The highest BCUT2D eigenvalue weighted by molar-refractivity contribution is 4.86. The second-order valence-corrected chi connectivity index (χ2v) is 6.35. The molecule has 2 nitrogen and oxygen atoms in total. The second-order valence-electron chi connectivity index (χ2n) is 6.35. The zero-order valence-corrected chi connectivity index (χ0v) is 11.7. The maximum absolute atomic E-state index is 5.91. The number of nitrogens with two attached hydrogens (primary N) is 1. The van der Waals surface area contributed by atoms with Crippen LogP contribution >= 0.6 is 0 Å². The Morgan fingerprint density at radius 1 is 1.24 bits per heavy atom. The molecule has 2 heteroatoms. The van der Waals surface area contributed by atoms with Crippen LogP contribution in [0.15, 0.2) is 0 Å². The molecule has 0 aromatic carbocycles. The van der Waals surface area contributed by atoms with Crippen LogP contribution in [0, 0.1) is 17.8 Å². The third-order valence-electron chi connectivity index (χ3n) is 5.30. The average molecular weight is 238 g/mol. The standard InChI is InChI=1S/C15H30N2/c1-3-13-5-4-6-15(9-13)17-8-7-12(2)14(10-16)11-17/h12-15H,3-11,16H2,1-2H3. The molecular formula is C15H30N2. The Kier molecular flexibility index (Phi) is 4.87. The van der Waals surface area contributed by atoms with Crippen molar-refractivity contribution in [2.45, 2.75) is 58.4 Å². The Hall–Kier alpha value is -0.0800. The van der Waals surface area contributed by atoms with Crippen molar-refractivity contribution in [1.29, 1.82) is 0 Å². The summed E-state index contributed by atoms with van der Waals surface area (Å²) in [5.41, 5.74) is 5.91. The molecule has 0 amide bonds. The van der Waals surface area contributed by atoms with Crippen LogP contribution in [0.4, 0.5) is 0 Å². The molecule has 4 atom stereocenters. The number of likely N-dealkylation sites (tertiary alicyclic amines) is 1. The van der Waals surface area contributed by atoms with Crippen LogP contribution in [0.2, 0.25) is 0 Å². The molecule has 1 aliphatic carbocycles. The fourth-order valence-corrected chi connectivity index (χ4v) is 3.78. The van der Waals surface area contributed by atoms with Crippen molar-refractivity contribution in [3.8, 4) is 0 Å². The molecule has 1 saturated carbocycles. The zero-order valence-electron chi connectivity index (χ0n) is 11.7. The summed E-state index contributed by atoms with van der Waals surface area (Å²) < 4.78 is 0. The lowest BCUT2D eigenvalue weighted by Gasteiger charge is -2.43. The Morgan fingerprint density at radius 3 is 2.76 bits per heavy atom. The number of hydrogen-bond acceptors (Lipinski definition) is 2. The van der Waals surface area contributed by atoms with Crippen molar-refractivity contribution in [3.63, 3.8) is 0 Å². The van der Waals surface area contributed by atoms with E-state index < -0.39 is 0 Å². The quantitative estimate of drug-likeness (QED) is 0.819. The van der Waals surface area contributed by atoms with E-state index in [1.165, 1.54) is 51.6 Å². The molecule has 2 rings (SSSR count). The minimum Gasteiger partial charge on any atom is -0.330 e. The predicted molar refractivity (Wildman–Crippen MR) is 73.9 cm³/mol. The molecule has 0 aromatic rings. The van der Waals surface area contributed by atoms with Crippen LogP contribution in [0.3, 0.4) is 0 Å². The Morgan fingerprint density at radius 2 is 2.06 bits per heavy atom. The highest BCUT2D eigenvalue weighted by Crippen LogP contribution is 2.33. The van der Waals surface area contributed by atoms with Crippen molar-refractivity contribution >= 4 is 0 Å². The summed E-state index contributed by atoms with van der Waals surface area (Å²) in [5, 5.41) is 0. The molecule has 4 unspecified atom stereocenters. The summed E-state index contributed by atoms with van der Waals surface area (Å²) in [5.74, 6) is 2.57. The van der Waals surface area contributed by atoms with Gasteiger partial charge in [0.1, 0.15) is 0 Å². The Balaban J connectivity index is 1.89. The summed E-state index contributed by atoms with van der Waals surface area (Å²) in [4.78, 5) is 2.76. The molecule has 0 spiro atoms. The monoisotopic (exact) mass is 238 g/mol. The highest BCUT2D eigenvalue weighted by atomic mass is 15.2. The van der Waals surface area contributed by atoms with Gasteiger partial charge in [-0.1, -0.05) is 33.1 Å². The minimum atomic E-state index is 0.741. The van der Waals surface area contributed by atoms with E-state index in [9.17, 15) is 0 Å². The molecule has 100 valence electrons. The van der Waals surface area contributed by atoms with Crippen LogP contribution in [-0.2, 0) is 0 Å². The molecule has 2 aliphatic rings. The van der Waals surface area contributed by atoms with Gasteiger partial charge >= 0.3 is 0 Å². The van der Waals surface area contributed by atoms with Crippen molar-refractivity contribution in [3.05, 3.63) is 0 Å². The molecule has 1 heterocycles. The predicted octanol–water partition coefficient (Wildman–Crippen LogP) is 2.87. The van der Waals surface area contributed by atoms with Crippen LogP contribution in [-0.4, -0.2) is 30.6 Å². The SMILES string of the molecule is CCC1CCCC(N2CCC(C)C(CN)C2)C1. The normalized spacial score (nSPS) is 40.4. The van der Waals surface area contributed by atoms with E-state index in [-0.39, 0.29) is 0 Å². The van der Waals surface area contributed by atoms with Crippen LogP contribution in [0.1, 0.15) is 52.4 Å². The van der Waals surface area contributed by atoms with E-state index in [4.69, 9.17) is 5.73 Å². The van der Waals surface area contributed by atoms with Gasteiger partial charge in [-0.05, 0) is 50.1 Å². The second kappa shape index (κ2) is 6.19. The van der Waals surface area contributed by atoms with Gasteiger partial charge in [0.05, 0.1) is 0 Å². The van der Waals surface area contributed by atoms with E-state index in [1.54, 1.807) is 0 Å². The van der Waals surface area contributed by atoms with Gasteiger partial charge < -0.3 is 10.6 Å². The lowest BCUT2D eigenvalue weighted by atomic mass is 9.80. The highest BCUT2D eigenvalue weighted by Gasteiger charge is 2.31. The van der Waals surface area contributed by atoms with Gasteiger partial charge in [-0.15, -0.1) is 0 Å². The lowest BCUT2D eigenvalue weighted by Crippen LogP contribution is -2.48. The van der Waals surface area contributed by atoms with E-state index >= 15 is 0 Å². The number of nitrogens with zero attached hydrogens (tertiary/aromatic N) is 1. The maximum Gasteiger partial charge on any atom is 0.00980 e. The molecule has 1 saturated heterocycles. The van der Waals surface area contributed by atoms with Gasteiger partial charge in [-0.25, -0.2) is 0 Å². The maximum atomic E-state index is 5.91. The molecule has 0 aromatic heterocycles. The third-order valence-corrected chi connectivity index (χ3v) is 5.30. The molecule has 1 aliphatic heterocycles.